The molecule has 3 N–H and O–H groups in total. The molecule has 0 spiro atoms. The molecule has 0 radical (unpaired) electrons. The second-order valence-electron chi connectivity index (χ2n) is 3.60. The van der Waals surface area contributed by atoms with E-state index in [-0.39, 0.29) is 17.9 Å². The lowest BCUT2D eigenvalue weighted by molar-refractivity contribution is -0.139. The van der Waals surface area contributed by atoms with Crippen LogP contribution in [0.4, 0.5) is 5.69 Å². The third kappa shape index (κ3) is 3.62. The number of amides is 1. The van der Waals surface area contributed by atoms with Gasteiger partial charge >= 0.3 is 5.97 Å². The second kappa shape index (κ2) is 6.44. The summed E-state index contributed by atoms with van der Waals surface area (Å²) in [4.78, 5) is 23.5. The topological polar surface area (TPSA) is 81.4 Å². The number of nitrogens with one attached hydrogen (secondary N) is 1. The number of benzene rings is 1. The lowest BCUT2D eigenvalue weighted by Gasteiger charge is -2.09. The molecule has 18 heavy (non-hydrogen) atoms. The van der Waals surface area contributed by atoms with Crippen molar-refractivity contribution in [3.8, 4) is 0 Å². The van der Waals surface area contributed by atoms with Crippen molar-refractivity contribution in [1.82, 2.24) is 0 Å². The number of anilines is 1. The van der Waals surface area contributed by atoms with E-state index in [9.17, 15) is 9.59 Å². The van der Waals surface area contributed by atoms with Crippen LogP contribution in [0.1, 0.15) is 13.8 Å². The fourth-order valence-electron chi connectivity index (χ4n) is 1.35. The first-order valence-electron chi connectivity index (χ1n) is 5.56. The number of hydrogen-bond acceptors (Lipinski definition) is 4. The van der Waals surface area contributed by atoms with Crippen molar-refractivity contribution in [3.05, 3.63) is 41.6 Å². The first kappa shape index (κ1) is 13.8. The average molecular weight is 248 g/mol. The molecular weight excluding hydrogens is 232 g/mol. The number of carbonyl (C=O) groups excluding carboxylic acids is 2. The fraction of sp³-hybridized carbons (Fsp3) is 0.231. The van der Waals surface area contributed by atoms with E-state index in [1.807, 2.05) is 6.07 Å². The van der Waals surface area contributed by atoms with Crippen LogP contribution in [0.5, 0.6) is 0 Å². The maximum Gasteiger partial charge on any atom is 0.345 e. The molecule has 5 nitrogen and oxygen atoms in total. The summed E-state index contributed by atoms with van der Waals surface area (Å²) in [6, 6.07) is 8.81. The van der Waals surface area contributed by atoms with Crippen LogP contribution in [0.2, 0.25) is 0 Å². The third-order valence-electron chi connectivity index (χ3n) is 2.13. The van der Waals surface area contributed by atoms with E-state index in [0.717, 1.165) is 0 Å². The summed E-state index contributed by atoms with van der Waals surface area (Å²) >= 11 is 0. The lowest BCUT2D eigenvalue weighted by Crippen LogP contribution is -2.25. The van der Waals surface area contributed by atoms with Gasteiger partial charge in [-0.05, 0) is 26.0 Å². The number of hydrogen-bond donors (Lipinski definition) is 2. The van der Waals surface area contributed by atoms with Crippen LogP contribution in [0.15, 0.2) is 41.6 Å². The predicted octanol–water partition coefficient (Wildman–Crippen LogP) is 1.42. The molecule has 96 valence electrons. The van der Waals surface area contributed by atoms with Gasteiger partial charge in [-0.2, -0.15) is 0 Å². The molecular formula is C13H16N2O3. The van der Waals surface area contributed by atoms with E-state index < -0.39 is 11.9 Å². The molecule has 0 aliphatic carbocycles. The predicted molar refractivity (Wildman–Crippen MR) is 68.6 cm³/mol. The Hall–Kier alpha value is -2.30. The lowest BCUT2D eigenvalue weighted by atomic mass is 10.2. The van der Waals surface area contributed by atoms with Crippen LogP contribution in [-0.2, 0) is 14.3 Å². The van der Waals surface area contributed by atoms with Gasteiger partial charge in [0.2, 0.25) is 0 Å². The van der Waals surface area contributed by atoms with Crippen LogP contribution < -0.4 is 11.1 Å². The largest absolute Gasteiger partial charge is 0.462 e. The van der Waals surface area contributed by atoms with Crippen molar-refractivity contribution in [2.75, 3.05) is 11.9 Å². The molecule has 0 bridgehead atoms. The number of carbonyl (C=O) groups is 2. The molecule has 1 amide bonds. The molecule has 0 aliphatic heterocycles. The van der Waals surface area contributed by atoms with Crippen molar-refractivity contribution >= 4 is 17.6 Å². The maximum atomic E-state index is 11.9. The highest BCUT2D eigenvalue weighted by atomic mass is 16.5. The molecule has 0 heterocycles. The Morgan fingerprint density at radius 1 is 1.28 bits per heavy atom. The van der Waals surface area contributed by atoms with Crippen LogP contribution in [0.25, 0.3) is 0 Å². The minimum atomic E-state index is -0.717. The SMILES string of the molecule is CCOC(=O)/C(C(=O)Nc1ccccc1)=C(\C)N. The maximum absolute atomic E-state index is 11.9. The highest BCUT2D eigenvalue weighted by molar-refractivity contribution is 6.21. The Morgan fingerprint density at radius 3 is 2.39 bits per heavy atom. The van der Waals surface area contributed by atoms with Crippen molar-refractivity contribution in [3.63, 3.8) is 0 Å². The Balaban J connectivity index is 2.86. The third-order valence-corrected chi connectivity index (χ3v) is 2.13. The van der Waals surface area contributed by atoms with Gasteiger partial charge in [0, 0.05) is 11.4 Å². The molecule has 0 aliphatic rings. The van der Waals surface area contributed by atoms with Crippen LogP contribution in [0.3, 0.4) is 0 Å². The summed E-state index contributed by atoms with van der Waals surface area (Å²) in [5.74, 6) is -1.29. The zero-order chi connectivity index (χ0) is 13.5. The molecule has 0 saturated heterocycles. The number of ether oxygens (including phenoxy) is 1. The van der Waals surface area contributed by atoms with Gasteiger partial charge in [-0.15, -0.1) is 0 Å². The number of allylic oxidation sites excluding steroid dienone is 1. The molecule has 0 aromatic heterocycles. The van der Waals surface area contributed by atoms with E-state index in [1.165, 1.54) is 6.92 Å². The molecule has 1 aromatic carbocycles. The molecule has 1 rings (SSSR count). The van der Waals surface area contributed by atoms with Crippen LogP contribution in [0, 0.1) is 0 Å². The van der Waals surface area contributed by atoms with E-state index in [2.05, 4.69) is 5.32 Å². The molecule has 0 unspecified atom stereocenters. The first-order valence-corrected chi connectivity index (χ1v) is 5.56. The minimum absolute atomic E-state index is 0.127. The van der Waals surface area contributed by atoms with Crippen LogP contribution >= 0.6 is 0 Å². The number of rotatable bonds is 4. The van der Waals surface area contributed by atoms with Gasteiger partial charge in [0.05, 0.1) is 6.61 Å². The normalized spacial score (nSPS) is 11.4. The van der Waals surface area contributed by atoms with Crippen molar-refractivity contribution in [2.24, 2.45) is 5.73 Å². The molecule has 0 atom stereocenters. The standard InChI is InChI=1S/C13H16N2O3/c1-3-18-13(17)11(9(2)14)12(16)15-10-7-5-4-6-8-10/h4-8H,3,14H2,1-2H3,(H,15,16)/b11-9+. The van der Waals surface area contributed by atoms with Crippen molar-refractivity contribution in [1.29, 1.82) is 0 Å². The Bertz CT molecular complexity index is 462. The fourth-order valence-corrected chi connectivity index (χ4v) is 1.35. The second-order valence-corrected chi connectivity index (χ2v) is 3.60. The number of para-hydroxylation sites is 1. The van der Waals surface area contributed by atoms with Crippen molar-refractivity contribution in [2.45, 2.75) is 13.8 Å². The van der Waals surface area contributed by atoms with E-state index in [1.54, 1.807) is 31.2 Å². The summed E-state index contributed by atoms with van der Waals surface area (Å²) in [5, 5.41) is 2.59. The molecule has 0 saturated carbocycles. The summed E-state index contributed by atoms with van der Waals surface area (Å²) in [5.41, 5.74) is 6.09. The van der Waals surface area contributed by atoms with Gasteiger partial charge in [0.15, 0.2) is 0 Å². The number of esters is 1. The number of nitrogens with two attached hydrogens (primary N) is 1. The minimum Gasteiger partial charge on any atom is -0.462 e. The van der Waals surface area contributed by atoms with E-state index in [0.29, 0.717) is 5.69 Å². The van der Waals surface area contributed by atoms with Gasteiger partial charge in [-0.1, -0.05) is 18.2 Å². The highest BCUT2D eigenvalue weighted by Gasteiger charge is 2.21. The van der Waals surface area contributed by atoms with Crippen LogP contribution in [-0.4, -0.2) is 18.5 Å². The van der Waals surface area contributed by atoms with Gasteiger partial charge in [0.1, 0.15) is 5.57 Å². The van der Waals surface area contributed by atoms with Gasteiger partial charge in [-0.3, -0.25) is 4.79 Å². The monoisotopic (exact) mass is 248 g/mol. The van der Waals surface area contributed by atoms with Gasteiger partial charge in [0.25, 0.3) is 5.91 Å². The summed E-state index contributed by atoms with van der Waals surface area (Å²) in [6.45, 7) is 3.33. The molecule has 1 aromatic rings. The summed E-state index contributed by atoms with van der Waals surface area (Å²) in [7, 11) is 0. The quantitative estimate of drug-likeness (QED) is 0.365. The highest BCUT2D eigenvalue weighted by Crippen LogP contribution is 2.10. The summed E-state index contributed by atoms with van der Waals surface area (Å²) < 4.78 is 4.79. The first-order chi connectivity index (χ1) is 8.56. The van der Waals surface area contributed by atoms with Gasteiger partial charge in [-0.25, -0.2) is 4.79 Å². The molecule has 0 fully saturated rings. The summed E-state index contributed by atoms with van der Waals surface area (Å²) in [6.07, 6.45) is 0. The van der Waals surface area contributed by atoms with Gasteiger partial charge < -0.3 is 15.8 Å². The Labute approximate surface area is 106 Å². The zero-order valence-corrected chi connectivity index (χ0v) is 10.4. The van der Waals surface area contributed by atoms with Crippen molar-refractivity contribution < 1.29 is 14.3 Å². The Morgan fingerprint density at radius 2 is 1.89 bits per heavy atom. The smallest absolute Gasteiger partial charge is 0.345 e. The Kier molecular flexibility index (Phi) is 4.92. The molecule has 5 heteroatoms. The average Bonchev–Trinajstić information content (AvgIpc) is 2.30. The van der Waals surface area contributed by atoms with E-state index >= 15 is 0 Å². The zero-order valence-electron chi connectivity index (χ0n) is 10.4. The van der Waals surface area contributed by atoms with E-state index in [4.69, 9.17) is 10.5 Å².